The van der Waals surface area contributed by atoms with E-state index in [1.165, 1.54) is 0 Å². The minimum absolute atomic E-state index is 0.0851. The standard InChI is InChI=1S/C12H19N5O4/c13-8-1-2-9(17(6-8)12(20)21)11(19)16-15-10(18)7-3-4-14-5-7/h7-9,14H,1-6,13H2,(H,20,21)/t7-,8?,9+/m1/s1. The maximum Gasteiger partial charge on any atom is 0.408 e. The quantitative estimate of drug-likeness (QED) is 0.591. The summed E-state index contributed by atoms with van der Waals surface area (Å²) in [6.45, 7) is 1.36. The van der Waals surface area contributed by atoms with Crippen LogP contribution in [0.15, 0.2) is 10.2 Å². The van der Waals surface area contributed by atoms with E-state index in [1.807, 2.05) is 0 Å². The molecule has 0 aromatic rings. The van der Waals surface area contributed by atoms with Crippen LogP contribution < -0.4 is 11.1 Å². The van der Waals surface area contributed by atoms with Gasteiger partial charge in [0.2, 0.25) is 0 Å². The second kappa shape index (κ2) is 6.72. The van der Waals surface area contributed by atoms with Crippen LogP contribution in [0.25, 0.3) is 0 Å². The highest BCUT2D eigenvalue weighted by atomic mass is 16.4. The fraction of sp³-hybridized carbons (Fsp3) is 0.750. The lowest BCUT2D eigenvalue weighted by molar-refractivity contribution is -0.127. The van der Waals surface area contributed by atoms with E-state index in [2.05, 4.69) is 15.5 Å². The molecule has 0 radical (unpaired) electrons. The number of carbonyl (C=O) groups excluding carboxylic acids is 2. The summed E-state index contributed by atoms with van der Waals surface area (Å²) < 4.78 is 0. The average Bonchev–Trinajstić information content (AvgIpc) is 2.98. The third-order valence-electron chi connectivity index (χ3n) is 3.81. The Morgan fingerprint density at radius 1 is 1.14 bits per heavy atom. The molecule has 2 fully saturated rings. The lowest BCUT2D eigenvalue weighted by Crippen LogP contribution is -2.53. The molecule has 0 aromatic heterocycles. The van der Waals surface area contributed by atoms with Gasteiger partial charge in [0, 0.05) is 19.1 Å². The van der Waals surface area contributed by atoms with Crippen molar-refractivity contribution in [1.82, 2.24) is 10.2 Å². The van der Waals surface area contributed by atoms with E-state index in [9.17, 15) is 14.4 Å². The molecular weight excluding hydrogens is 278 g/mol. The molecule has 116 valence electrons. The van der Waals surface area contributed by atoms with Crippen LogP contribution in [-0.2, 0) is 9.59 Å². The summed E-state index contributed by atoms with van der Waals surface area (Å²) in [4.78, 5) is 35.8. The molecule has 0 bridgehead atoms. The molecule has 2 saturated heterocycles. The second-order valence-corrected chi connectivity index (χ2v) is 5.35. The van der Waals surface area contributed by atoms with E-state index < -0.39 is 23.9 Å². The fourth-order valence-electron chi connectivity index (χ4n) is 2.58. The number of nitrogens with one attached hydrogen (secondary N) is 1. The molecule has 2 aliphatic rings. The van der Waals surface area contributed by atoms with Crippen molar-refractivity contribution in [3.05, 3.63) is 0 Å². The Bertz CT molecular complexity index is 461. The Kier molecular flexibility index (Phi) is 4.97. The summed E-state index contributed by atoms with van der Waals surface area (Å²) in [6.07, 6.45) is 0.289. The monoisotopic (exact) mass is 297 g/mol. The molecule has 0 aliphatic carbocycles. The van der Waals surface area contributed by atoms with Crippen LogP contribution in [0.1, 0.15) is 19.3 Å². The van der Waals surface area contributed by atoms with E-state index >= 15 is 0 Å². The molecule has 21 heavy (non-hydrogen) atoms. The average molecular weight is 297 g/mol. The maximum atomic E-state index is 12.0. The lowest BCUT2D eigenvalue weighted by atomic mass is 9.99. The Labute approximate surface area is 121 Å². The summed E-state index contributed by atoms with van der Waals surface area (Å²) in [7, 11) is 0. The van der Waals surface area contributed by atoms with Gasteiger partial charge in [-0.3, -0.25) is 14.5 Å². The van der Waals surface area contributed by atoms with Crippen molar-refractivity contribution in [2.75, 3.05) is 19.6 Å². The molecule has 0 spiro atoms. The molecule has 0 saturated carbocycles. The molecule has 2 aliphatic heterocycles. The van der Waals surface area contributed by atoms with Gasteiger partial charge in [0.25, 0.3) is 11.8 Å². The first kappa shape index (κ1) is 15.5. The second-order valence-electron chi connectivity index (χ2n) is 5.35. The Morgan fingerprint density at radius 2 is 1.86 bits per heavy atom. The van der Waals surface area contributed by atoms with Crippen molar-refractivity contribution in [3.8, 4) is 0 Å². The predicted molar refractivity (Wildman–Crippen MR) is 71.6 cm³/mol. The molecule has 3 atom stereocenters. The third kappa shape index (κ3) is 3.82. The number of carbonyl (C=O) groups is 3. The van der Waals surface area contributed by atoms with Crippen LogP contribution in [0, 0.1) is 5.92 Å². The number of carboxylic acid groups (broad SMARTS) is 1. The zero-order valence-electron chi connectivity index (χ0n) is 11.6. The van der Waals surface area contributed by atoms with Gasteiger partial charge in [0.05, 0.1) is 5.92 Å². The summed E-state index contributed by atoms with van der Waals surface area (Å²) >= 11 is 0. The summed E-state index contributed by atoms with van der Waals surface area (Å²) in [5, 5.41) is 19.0. The number of nitrogens with two attached hydrogens (primary N) is 1. The van der Waals surface area contributed by atoms with Crippen LogP contribution in [-0.4, -0.2) is 59.6 Å². The van der Waals surface area contributed by atoms with Gasteiger partial charge in [-0.2, -0.15) is 0 Å². The molecule has 4 N–H and O–H groups in total. The minimum atomic E-state index is -1.22. The number of rotatable bonds is 2. The predicted octanol–water partition coefficient (Wildman–Crippen LogP) is -0.429. The van der Waals surface area contributed by atoms with Crippen molar-refractivity contribution in [2.24, 2.45) is 21.9 Å². The number of azo groups is 1. The van der Waals surface area contributed by atoms with Crippen molar-refractivity contribution in [3.63, 3.8) is 0 Å². The molecule has 2 heterocycles. The fourth-order valence-corrected chi connectivity index (χ4v) is 2.58. The SMILES string of the molecule is NC1CC[C@@H](C(=O)N=NC(=O)[C@@H]2CCNC2)N(C(=O)O)C1. The molecule has 3 amide bonds. The van der Waals surface area contributed by atoms with Crippen LogP contribution in [0.2, 0.25) is 0 Å². The first-order valence-corrected chi connectivity index (χ1v) is 6.94. The molecule has 0 aromatic carbocycles. The molecule has 2 rings (SSSR count). The highest BCUT2D eigenvalue weighted by molar-refractivity contribution is 5.88. The first-order valence-electron chi connectivity index (χ1n) is 6.94. The maximum absolute atomic E-state index is 12.0. The van der Waals surface area contributed by atoms with E-state index in [0.717, 1.165) is 11.4 Å². The van der Waals surface area contributed by atoms with Gasteiger partial charge in [-0.05, 0) is 25.8 Å². The van der Waals surface area contributed by atoms with Crippen LogP contribution in [0.5, 0.6) is 0 Å². The van der Waals surface area contributed by atoms with Crippen molar-refractivity contribution in [1.29, 1.82) is 0 Å². The summed E-state index contributed by atoms with van der Waals surface area (Å²) in [5.74, 6) is -1.40. The van der Waals surface area contributed by atoms with Gasteiger partial charge in [0.15, 0.2) is 0 Å². The van der Waals surface area contributed by atoms with Crippen LogP contribution in [0.3, 0.4) is 0 Å². The van der Waals surface area contributed by atoms with Gasteiger partial charge in [-0.25, -0.2) is 4.79 Å². The number of likely N-dealkylation sites (tertiary alicyclic amines) is 1. The topological polar surface area (TPSA) is 137 Å². The zero-order valence-corrected chi connectivity index (χ0v) is 11.6. The Morgan fingerprint density at radius 3 is 2.48 bits per heavy atom. The van der Waals surface area contributed by atoms with Gasteiger partial charge in [-0.1, -0.05) is 0 Å². The van der Waals surface area contributed by atoms with Gasteiger partial charge < -0.3 is 16.2 Å². The first-order chi connectivity index (χ1) is 9.99. The Hall–Kier alpha value is -1.87. The number of hydrogen-bond acceptors (Lipinski definition) is 5. The Balaban J connectivity index is 1.97. The minimum Gasteiger partial charge on any atom is -0.465 e. The van der Waals surface area contributed by atoms with E-state index in [1.54, 1.807) is 0 Å². The van der Waals surface area contributed by atoms with Crippen LogP contribution in [0.4, 0.5) is 4.79 Å². The smallest absolute Gasteiger partial charge is 0.408 e. The van der Waals surface area contributed by atoms with Crippen LogP contribution >= 0.6 is 0 Å². The number of hydrogen-bond donors (Lipinski definition) is 3. The largest absolute Gasteiger partial charge is 0.465 e. The van der Waals surface area contributed by atoms with Crippen molar-refractivity contribution < 1.29 is 19.5 Å². The van der Waals surface area contributed by atoms with Crippen molar-refractivity contribution >= 4 is 17.9 Å². The van der Waals surface area contributed by atoms with E-state index in [0.29, 0.717) is 25.8 Å². The third-order valence-corrected chi connectivity index (χ3v) is 3.81. The van der Waals surface area contributed by atoms with Gasteiger partial charge in [-0.15, -0.1) is 10.2 Å². The molecule has 1 unspecified atom stereocenters. The number of nitrogens with zero attached hydrogens (tertiary/aromatic N) is 3. The summed E-state index contributed by atoms with van der Waals surface area (Å²) in [5.41, 5.74) is 5.70. The zero-order chi connectivity index (χ0) is 15.4. The normalized spacial score (nSPS) is 29.8. The highest BCUT2D eigenvalue weighted by Crippen LogP contribution is 2.18. The lowest BCUT2D eigenvalue weighted by Gasteiger charge is -2.34. The summed E-state index contributed by atoms with van der Waals surface area (Å²) in [6, 6.07) is -1.19. The van der Waals surface area contributed by atoms with Crippen molar-refractivity contribution in [2.45, 2.75) is 31.3 Å². The van der Waals surface area contributed by atoms with Gasteiger partial charge in [0.1, 0.15) is 6.04 Å². The number of piperidine rings is 1. The van der Waals surface area contributed by atoms with E-state index in [-0.39, 0.29) is 18.5 Å². The number of amides is 3. The van der Waals surface area contributed by atoms with E-state index in [4.69, 9.17) is 10.8 Å². The highest BCUT2D eigenvalue weighted by Gasteiger charge is 2.35. The molecule has 9 heteroatoms. The van der Waals surface area contributed by atoms with Gasteiger partial charge >= 0.3 is 6.09 Å². The molecule has 9 nitrogen and oxygen atoms in total. The molecular formula is C12H19N5O4.